The van der Waals surface area contributed by atoms with E-state index in [1.54, 1.807) is 12.3 Å². The van der Waals surface area contributed by atoms with Crippen LogP contribution in [0.3, 0.4) is 0 Å². The van der Waals surface area contributed by atoms with Gasteiger partial charge in [-0.25, -0.2) is 4.98 Å². The molecule has 2 aromatic rings. The summed E-state index contributed by atoms with van der Waals surface area (Å²) in [4.78, 5) is 29.9. The summed E-state index contributed by atoms with van der Waals surface area (Å²) in [6, 6.07) is 4.49. The highest BCUT2D eigenvalue weighted by Crippen LogP contribution is 2.29. The van der Waals surface area contributed by atoms with Gasteiger partial charge in [-0.1, -0.05) is 12.1 Å². The summed E-state index contributed by atoms with van der Waals surface area (Å²) in [6.07, 6.45) is -4.42. The Labute approximate surface area is 158 Å². The molecule has 0 aliphatic heterocycles. The van der Waals surface area contributed by atoms with Gasteiger partial charge in [0, 0.05) is 11.9 Å². The molecule has 0 unspecified atom stereocenters. The molecular formula is C18H19F3N2O3S. The lowest BCUT2D eigenvalue weighted by Crippen LogP contribution is -2.37. The van der Waals surface area contributed by atoms with Crippen molar-refractivity contribution in [2.75, 3.05) is 13.2 Å². The molecule has 2 rings (SSSR count). The number of carbonyl (C=O) groups excluding carboxylic acids is 2. The average molecular weight is 400 g/mol. The quantitative estimate of drug-likeness (QED) is 0.667. The van der Waals surface area contributed by atoms with E-state index < -0.39 is 17.7 Å². The highest BCUT2D eigenvalue weighted by Gasteiger charge is 2.30. The number of hydrogen-bond acceptors (Lipinski definition) is 5. The smallest absolute Gasteiger partial charge is 0.416 e. The first-order valence-electron chi connectivity index (χ1n) is 8.19. The lowest BCUT2D eigenvalue weighted by molar-refractivity contribution is -0.149. The SMILES string of the molecule is CCOC(=O)CN(Cc1ccc(C(F)(F)F)cc1)C(=O)Cc1csc(C)n1. The number of thiazole rings is 1. The molecule has 0 saturated carbocycles. The number of aryl methyl sites for hydroxylation is 1. The molecular weight excluding hydrogens is 381 g/mol. The topological polar surface area (TPSA) is 59.5 Å². The van der Waals surface area contributed by atoms with E-state index in [0.717, 1.165) is 17.1 Å². The largest absolute Gasteiger partial charge is 0.465 e. The van der Waals surface area contributed by atoms with Gasteiger partial charge >= 0.3 is 12.1 Å². The molecule has 0 aliphatic carbocycles. The lowest BCUT2D eigenvalue weighted by Gasteiger charge is -2.22. The zero-order valence-corrected chi connectivity index (χ0v) is 15.7. The van der Waals surface area contributed by atoms with Gasteiger partial charge in [0.1, 0.15) is 6.54 Å². The molecule has 1 aromatic carbocycles. The summed E-state index contributed by atoms with van der Waals surface area (Å²) in [7, 11) is 0. The Morgan fingerprint density at radius 2 is 1.89 bits per heavy atom. The van der Waals surface area contributed by atoms with Gasteiger partial charge in [0.05, 0.1) is 29.3 Å². The number of halogens is 3. The van der Waals surface area contributed by atoms with Gasteiger partial charge in [0.15, 0.2) is 0 Å². The third kappa shape index (κ3) is 6.35. The minimum Gasteiger partial charge on any atom is -0.465 e. The fraction of sp³-hybridized carbons (Fsp3) is 0.389. The van der Waals surface area contributed by atoms with Crippen molar-refractivity contribution in [1.29, 1.82) is 0 Å². The van der Waals surface area contributed by atoms with Gasteiger partial charge < -0.3 is 9.64 Å². The van der Waals surface area contributed by atoms with Crippen LogP contribution >= 0.6 is 11.3 Å². The van der Waals surface area contributed by atoms with E-state index in [0.29, 0.717) is 11.3 Å². The van der Waals surface area contributed by atoms with Crippen LogP contribution < -0.4 is 0 Å². The fourth-order valence-electron chi connectivity index (χ4n) is 2.37. The monoisotopic (exact) mass is 400 g/mol. The minimum absolute atomic E-state index is 0.00109. The van der Waals surface area contributed by atoms with Crippen molar-refractivity contribution < 1.29 is 27.5 Å². The van der Waals surface area contributed by atoms with Crippen LogP contribution in [0.2, 0.25) is 0 Å². The number of ether oxygens (including phenoxy) is 1. The lowest BCUT2D eigenvalue weighted by atomic mass is 10.1. The van der Waals surface area contributed by atoms with Crippen molar-refractivity contribution in [2.45, 2.75) is 33.0 Å². The highest BCUT2D eigenvalue weighted by atomic mass is 32.1. The Hall–Kier alpha value is -2.42. The van der Waals surface area contributed by atoms with Crippen molar-refractivity contribution in [3.8, 4) is 0 Å². The molecule has 0 aliphatic rings. The molecule has 27 heavy (non-hydrogen) atoms. The van der Waals surface area contributed by atoms with Crippen LogP contribution in [0.1, 0.15) is 28.8 Å². The van der Waals surface area contributed by atoms with Crippen LogP contribution in [0, 0.1) is 6.92 Å². The first-order valence-corrected chi connectivity index (χ1v) is 9.07. The molecule has 146 valence electrons. The third-order valence-corrected chi connectivity index (χ3v) is 4.45. The van der Waals surface area contributed by atoms with Crippen LogP contribution in [0.5, 0.6) is 0 Å². The third-order valence-electron chi connectivity index (χ3n) is 3.63. The molecule has 0 N–H and O–H groups in total. The van der Waals surface area contributed by atoms with E-state index >= 15 is 0 Å². The van der Waals surface area contributed by atoms with Crippen molar-refractivity contribution in [1.82, 2.24) is 9.88 Å². The van der Waals surface area contributed by atoms with Gasteiger partial charge in [0.25, 0.3) is 0 Å². The normalized spacial score (nSPS) is 11.3. The van der Waals surface area contributed by atoms with Gasteiger partial charge in [-0.05, 0) is 31.5 Å². The van der Waals surface area contributed by atoms with Crippen molar-refractivity contribution in [3.63, 3.8) is 0 Å². The number of esters is 1. The predicted octanol–water partition coefficient (Wildman–Crippen LogP) is 3.60. The molecule has 0 spiro atoms. The summed E-state index contributed by atoms with van der Waals surface area (Å²) in [5.41, 5.74) is 0.298. The first kappa shape index (κ1) is 20.9. The molecule has 9 heteroatoms. The zero-order chi connectivity index (χ0) is 20.0. The van der Waals surface area contributed by atoms with Gasteiger partial charge in [-0.15, -0.1) is 11.3 Å². The second-order valence-corrected chi connectivity index (χ2v) is 6.85. The zero-order valence-electron chi connectivity index (χ0n) is 14.9. The maximum absolute atomic E-state index is 12.7. The molecule has 1 heterocycles. The molecule has 0 bridgehead atoms. The van der Waals surface area contributed by atoms with E-state index in [-0.39, 0.29) is 32.0 Å². The Morgan fingerprint density at radius 1 is 1.22 bits per heavy atom. The van der Waals surface area contributed by atoms with Crippen LogP contribution in [-0.2, 0) is 33.5 Å². The number of amides is 1. The van der Waals surface area contributed by atoms with Gasteiger partial charge in [-0.3, -0.25) is 9.59 Å². The Balaban J connectivity index is 2.13. The summed E-state index contributed by atoms with van der Waals surface area (Å²) < 4.78 is 42.9. The summed E-state index contributed by atoms with van der Waals surface area (Å²) in [6.45, 7) is 3.36. The van der Waals surface area contributed by atoms with E-state index in [4.69, 9.17) is 4.74 Å². The number of alkyl halides is 3. The number of nitrogens with zero attached hydrogens (tertiary/aromatic N) is 2. The van der Waals surface area contributed by atoms with Gasteiger partial charge in [-0.2, -0.15) is 13.2 Å². The van der Waals surface area contributed by atoms with E-state index in [1.807, 2.05) is 6.92 Å². The van der Waals surface area contributed by atoms with Crippen LogP contribution in [-0.4, -0.2) is 34.9 Å². The second kappa shape index (κ2) is 8.98. The van der Waals surface area contributed by atoms with E-state index in [9.17, 15) is 22.8 Å². The Bertz CT molecular complexity index is 788. The van der Waals surface area contributed by atoms with Crippen molar-refractivity contribution in [3.05, 3.63) is 51.5 Å². The Morgan fingerprint density at radius 3 is 2.41 bits per heavy atom. The average Bonchev–Trinajstić information content (AvgIpc) is 2.99. The number of hydrogen-bond donors (Lipinski definition) is 0. The first-order chi connectivity index (χ1) is 12.7. The minimum atomic E-state index is -4.43. The van der Waals surface area contributed by atoms with E-state index in [1.165, 1.54) is 28.4 Å². The maximum atomic E-state index is 12.7. The van der Waals surface area contributed by atoms with Crippen LogP contribution in [0.15, 0.2) is 29.6 Å². The second-order valence-electron chi connectivity index (χ2n) is 5.78. The van der Waals surface area contributed by atoms with Crippen LogP contribution in [0.4, 0.5) is 13.2 Å². The fourth-order valence-corrected chi connectivity index (χ4v) is 2.98. The predicted molar refractivity (Wildman–Crippen MR) is 94.0 cm³/mol. The molecule has 0 atom stereocenters. The Kier molecular flexibility index (Phi) is 6.95. The van der Waals surface area contributed by atoms with Crippen molar-refractivity contribution >= 4 is 23.2 Å². The van der Waals surface area contributed by atoms with Crippen molar-refractivity contribution in [2.24, 2.45) is 0 Å². The number of rotatable bonds is 7. The standard InChI is InChI=1S/C18H19F3N2O3S/c1-3-26-17(25)10-23(16(24)8-15-11-27-12(2)22-15)9-13-4-6-14(7-5-13)18(19,20)21/h4-7,11H,3,8-10H2,1-2H3. The molecule has 5 nitrogen and oxygen atoms in total. The molecule has 0 radical (unpaired) electrons. The summed E-state index contributed by atoms with van der Waals surface area (Å²) >= 11 is 1.41. The van der Waals surface area contributed by atoms with Crippen LogP contribution in [0.25, 0.3) is 0 Å². The molecule has 1 amide bonds. The number of benzene rings is 1. The molecule has 1 aromatic heterocycles. The number of aromatic nitrogens is 1. The summed E-state index contributed by atoms with van der Waals surface area (Å²) in [5, 5.41) is 2.57. The highest BCUT2D eigenvalue weighted by molar-refractivity contribution is 7.09. The summed E-state index contributed by atoms with van der Waals surface area (Å²) in [5.74, 6) is -0.930. The molecule has 0 fully saturated rings. The van der Waals surface area contributed by atoms with Gasteiger partial charge in [0.2, 0.25) is 5.91 Å². The molecule has 0 saturated heterocycles. The van der Waals surface area contributed by atoms with E-state index in [2.05, 4.69) is 4.98 Å². The maximum Gasteiger partial charge on any atom is 0.416 e. The number of carbonyl (C=O) groups is 2.